The minimum absolute atomic E-state index is 0.306. The van der Waals surface area contributed by atoms with Crippen LogP contribution in [0.1, 0.15) is 19.3 Å². The van der Waals surface area contributed by atoms with Crippen LogP contribution >= 0.6 is 0 Å². The van der Waals surface area contributed by atoms with E-state index >= 15 is 0 Å². The molecule has 1 radical (unpaired) electrons. The van der Waals surface area contributed by atoms with Gasteiger partial charge in [-0.15, -0.1) is 0 Å². The average Bonchev–Trinajstić information content (AvgIpc) is 1.90. The van der Waals surface area contributed by atoms with Gasteiger partial charge in [0, 0.05) is 17.9 Å². The molecule has 0 aromatic carbocycles. The molecule has 4 nitrogen and oxygen atoms in total. The summed E-state index contributed by atoms with van der Waals surface area (Å²) in [6.07, 6.45) is 2.01. The van der Waals surface area contributed by atoms with E-state index < -0.39 is 6.17 Å². The SMILES string of the molecule is O=[N+]([O-])C1CCCC[N]1. The predicted octanol–water partition coefficient (Wildman–Crippen LogP) is 0.377. The van der Waals surface area contributed by atoms with Gasteiger partial charge in [0.05, 0.1) is 0 Å². The smallest absolute Gasteiger partial charge is 0.263 e. The molecular weight excluding hydrogens is 120 g/mol. The predicted molar refractivity (Wildman–Crippen MR) is 31.6 cm³/mol. The third kappa shape index (κ3) is 1.64. The summed E-state index contributed by atoms with van der Waals surface area (Å²) in [5.74, 6) is 0. The second kappa shape index (κ2) is 2.77. The Morgan fingerprint density at radius 2 is 2.33 bits per heavy atom. The molecule has 0 amide bonds. The monoisotopic (exact) mass is 129 g/mol. The number of rotatable bonds is 1. The minimum Gasteiger partial charge on any atom is -0.263 e. The molecule has 1 fully saturated rings. The molecule has 0 aliphatic carbocycles. The molecule has 1 atom stereocenters. The number of nitro groups is 1. The number of nitrogens with zero attached hydrogens (tertiary/aromatic N) is 2. The van der Waals surface area contributed by atoms with Crippen LogP contribution in [0.25, 0.3) is 0 Å². The topological polar surface area (TPSA) is 57.2 Å². The molecule has 0 aromatic heterocycles. The Morgan fingerprint density at radius 3 is 2.67 bits per heavy atom. The van der Waals surface area contributed by atoms with Crippen molar-refractivity contribution in [1.29, 1.82) is 0 Å². The van der Waals surface area contributed by atoms with E-state index in [9.17, 15) is 10.1 Å². The normalized spacial score (nSPS) is 27.8. The van der Waals surface area contributed by atoms with Crippen LogP contribution in [0, 0.1) is 10.1 Å². The second-order valence-electron chi connectivity index (χ2n) is 2.17. The Morgan fingerprint density at radius 1 is 1.56 bits per heavy atom. The molecule has 9 heavy (non-hydrogen) atoms. The number of hydrogen-bond acceptors (Lipinski definition) is 2. The highest BCUT2D eigenvalue weighted by Gasteiger charge is 2.22. The highest BCUT2D eigenvalue weighted by Crippen LogP contribution is 2.07. The van der Waals surface area contributed by atoms with E-state index in [1.807, 2.05) is 0 Å². The Balaban J connectivity index is 2.31. The van der Waals surface area contributed by atoms with E-state index in [4.69, 9.17) is 0 Å². The van der Waals surface area contributed by atoms with Gasteiger partial charge in [-0.05, 0) is 12.8 Å². The van der Waals surface area contributed by atoms with E-state index in [0.29, 0.717) is 13.0 Å². The van der Waals surface area contributed by atoms with Crippen molar-refractivity contribution < 1.29 is 4.92 Å². The lowest BCUT2D eigenvalue weighted by Crippen LogP contribution is -2.34. The van der Waals surface area contributed by atoms with Crippen LogP contribution in [0.5, 0.6) is 0 Å². The lowest BCUT2D eigenvalue weighted by Gasteiger charge is -2.13. The van der Waals surface area contributed by atoms with Crippen molar-refractivity contribution in [3.05, 3.63) is 10.1 Å². The third-order valence-electron chi connectivity index (χ3n) is 1.45. The maximum Gasteiger partial charge on any atom is 0.280 e. The van der Waals surface area contributed by atoms with Crippen LogP contribution in [-0.4, -0.2) is 17.6 Å². The summed E-state index contributed by atoms with van der Waals surface area (Å²) in [5, 5.41) is 13.9. The van der Waals surface area contributed by atoms with E-state index in [1.165, 1.54) is 0 Å². The molecule has 0 aromatic rings. The van der Waals surface area contributed by atoms with Crippen molar-refractivity contribution >= 4 is 0 Å². The summed E-state index contributed by atoms with van der Waals surface area (Å²) in [6.45, 7) is 0.672. The van der Waals surface area contributed by atoms with Crippen molar-refractivity contribution in [2.24, 2.45) is 0 Å². The first kappa shape index (κ1) is 6.48. The first-order valence-corrected chi connectivity index (χ1v) is 3.11. The van der Waals surface area contributed by atoms with Gasteiger partial charge >= 0.3 is 0 Å². The largest absolute Gasteiger partial charge is 0.280 e. The molecule has 1 heterocycles. The van der Waals surface area contributed by atoms with E-state index in [2.05, 4.69) is 5.32 Å². The Hall–Kier alpha value is -0.640. The van der Waals surface area contributed by atoms with Gasteiger partial charge in [-0.25, -0.2) is 0 Å². The molecule has 1 aliphatic heterocycles. The van der Waals surface area contributed by atoms with Crippen LogP contribution in [0.2, 0.25) is 0 Å². The van der Waals surface area contributed by atoms with Crippen LogP contribution in [-0.2, 0) is 0 Å². The fraction of sp³-hybridized carbons (Fsp3) is 1.00. The lowest BCUT2D eigenvalue weighted by atomic mass is 10.1. The van der Waals surface area contributed by atoms with Crippen molar-refractivity contribution in [3.63, 3.8) is 0 Å². The van der Waals surface area contributed by atoms with E-state index in [0.717, 1.165) is 12.8 Å². The molecule has 1 unspecified atom stereocenters. The number of hydrogen-bond donors (Lipinski definition) is 0. The van der Waals surface area contributed by atoms with Gasteiger partial charge in [-0.2, -0.15) is 5.32 Å². The van der Waals surface area contributed by atoms with Crippen LogP contribution in [0.3, 0.4) is 0 Å². The molecular formula is C5H9N2O2. The molecule has 0 saturated carbocycles. The fourth-order valence-electron chi connectivity index (χ4n) is 0.942. The first-order chi connectivity index (χ1) is 4.30. The third-order valence-corrected chi connectivity index (χ3v) is 1.45. The summed E-state index contributed by atoms with van der Waals surface area (Å²) in [4.78, 5) is 9.76. The molecule has 0 spiro atoms. The lowest BCUT2D eigenvalue weighted by molar-refractivity contribution is -0.533. The van der Waals surface area contributed by atoms with E-state index in [1.54, 1.807) is 0 Å². The second-order valence-corrected chi connectivity index (χ2v) is 2.17. The summed E-state index contributed by atoms with van der Waals surface area (Å²) >= 11 is 0. The highest BCUT2D eigenvalue weighted by atomic mass is 16.6. The molecule has 51 valence electrons. The van der Waals surface area contributed by atoms with Gasteiger partial charge in [0.1, 0.15) is 0 Å². The Kier molecular flexibility index (Phi) is 2.00. The van der Waals surface area contributed by atoms with Gasteiger partial charge in [-0.1, -0.05) is 0 Å². The van der Waals surface area contributed by atoms with Gasteiger partial charge in [-0.3, -0.25) is 10.1 Å². The van der Waals surface area contributed by atoms with Gasteiger partial charge in [0.15, 0.2) is 0 Å². The van der Waals surface area contributed by atoms with E-state index in [-0.39, 0.29) is 4.92 Å². The molecule has 1 rings (SSSR count). The van der Waals surface area contributed by atoms with Crippen molar-refractivity contribution in [2.75, 3.05) is 6.54 Å². The van der Waals surface area contributed by atoms with Gasteiger partial charge in [0.2, 0.25) is 0 Å². The van der Waals surface area contributed by atoms with Crippen molar-refractivity contribution in [1.82, 2.24) is 5.32 Å². The summed E-state index contributed by atoms with van der Waals surface area (Å²) in [5.41, 5.74) is 0. The van der Waals surface area contributed by atoms with Crippen LogP contribution < -0.4 is 5.32 Å². The maximum atomic E-state index is 10.1. The highest BCUT2D eigenvalue weighted by molar-refractivity contribution is 4.61. The molecule has 0 N–H and O–H groups in total. The van der Waals surface area contributed by atoms with Gasteiger partial charge < -0.3 is 0 Å². The van der Waals surface area contributed by atoms with Crippen molar-refractivity contribution in [3.8, 4) is 0 Å². The van der Waals surface area contributed by atoms with Crippen LogP contribution in [0.15, 0.2) is 0 Å². The first-order valence-electron chi connectivity index (χ1n) is 3.11. The standard InChI is InChI=1S/C5H9N2O2/c8-7(9)5-3-1-2-4-6-5/h5H,1-4H2. The quantitative estimate of drug-likeness (QED) is 0.379. The summed E-state index contributed by atoms with van der Waals surface area (Å²) < 4.78 is 0. The van der Waals surface area contributed by atoms with Crippen LogP contribution in [0.4, 0.5) is 0 Å². The van der Waals surface area contributed by atoms with Gasteiger partial charge in [0.25, 0.3) is 6.17 Å². The van der Waals surface area contributed by atoms with Crippen molar-refractivity contribution in [2.45, 2.75) is 25.4 Å². The Bertz CT molecular complexity index is 110. The summed E-state index contributed by atoms with van der Waals surface area (Å²) in [7, 11) is 0. The maximum absolute atomic E-state index is 10.1. The molecule has 1 saturated heterocycles. The Labute approximate surface area is 53.4 Å². The molecule has 4 heteroatoms. The number of piperidine rings is 1. The zero-order valence-corrected chi connectivity index (χ0v) is 5.12. The summed E-state index contributed by atoms with van der Waals surface area (Å²) in [6, 6.07) is 0. The minimum atomic E-state index is -0.598. The zero-order chi connectivity index (χ0) is 6.69. The average molecular weight is 129 g/mol. The molecule has 0 bridgehead atoms. The molecule has 1 aliphatic rings. The zero-order valence-electron chi connectivity index (χ0n) is 5.12. The fourth-order valence-corrected chi connectivity index (χ4v) is 0.942.